The van der Waals surface area contributed by atoms with Crippen LogP contribution >= 0.6 is 22.7 Å². The maximum absolute atomic E-state index is 13.3. The smallest absolute Gasteiger partial charge is 0.282 e. The van der Waals surface area contributed by atoms with Crippen LogP contribution in [0.5, 0.6) is 0 Å². The van der Waals surface area contributed by atoms with Gasteiger partial charge in [-0.05, 0) is 25.3 Å². The summed E-state index contributed by atoms with van der Waals surface area (Å²) in [5.41, 5.74) is 0. The first-order chi connectivity index (χ1) is 17.7. The van der Waals surface area contributed by atoms with Gasteiger partial charge in [0.05, 0.1) is 25.6 Å². The number of carbonyl (C=O) groups is 2. The number of hydrogen-bond acceptors (Lipinski definition) is 10. The molecule has 2 N–H and O–H groups in total. The van der Waals surface area contributed by atoms with Crippen molar-refractivity contribution in [1.29, 1.82) is 0 Å². The van der Waals surface area contributed by atoms with E-state index < -0.39 is 5.92 Å². The third kappa shape index (κ3) is 5.95. The summed E-state index contributed by atoms with van der Waals surface area (Å²) in [6.45, 7) is 0.834. The van der Waals surface area contributed by atoms with Crippen molar-refractivity contribution in [2.75, 3.05) is 30.8 Å². The molecule has 0 radical (unpaired) electrons. The molecule has 1 saturated carbocycles. The van der Waals surface area contributed by atoms with Crippen LogP contribution in [0.1, 0.15) is 60.9 Å². The fourth-order valence-corrected chi connectivity index (χ4v) is 6.79. The van der Waals surface area contributed by atoms with Crippen LogP contribution < -0.4 is 10.6 Å². The van der Waals surface area contributed by atoms with Crippen molar-refractivity contribution in [2.24, 2.45) is 0 Å². The van der Waals surface area contributed by atoms with Gasteiger partial charge in [-0.3, -0.25) is 9.59 Å². The molecule has 0 bridgehead atoms. The van der Waals surface area contributed by atoms with Crippen LogP contribution in [0, 0.1) is 0 Å². The Balaban J connectivity index is 1.14. The third-order valence-electron chi connectivity index (χ3n) is 6.78. The number of nitrogens with one attached hydrogen (secondary N) is 2. The summed E-state index contributed by atoms with van der Waals surface area (Å²) in [5, 5.41) is 25.1. The van der Waals surface area contributed by atoms with Gasteiger partial charge in [0.1, 0.15) is 15.8 Å². The van der Waals surface area contributed by atoms with Gasteiger partial charge in [0.15, 0.2) is 0 Å². The average molecular weight is 551 g/mol. The number of alkyl halides is 2. The molecule has 0 aromatic carbocycles. The predicted octanol–water partition coefficient (Wildman–Crippen LogP) is 3.78. The van der Waals surface area contributed by atoms with Crippen LogP contribution in [-0.2, 0) is 9.59 Å². The van der Waals surface area contributed by atoms with E-state index in [-0.39, 0.29) is 49.2 Å². The average Bonchev–Trinajstić information content (AvgIpc) is 3.48. The summed E-state index contributed by atoms with van der Waals surface area (Å²) < 4.78 is 26.6. The lowest BCUT2D eigenvalue weighted by Gasteiger charge is -2.46. The van der Waals surface area contributed by atoms with Gasteiger partial charge in [-0.25, -0.2) is 8.78 Å². The standard InChI is InChI=1S/C23H28F2N8O2S2/c1-13(34)26-21-30-28-19(36-21)14-5-3-6-15(9-14)20-29-31-22(37-20)27-17(35)10-16-7-4-8-18(32(16)2)33-11-23(24,25)12-33/h4,7-8,14-16H,3,5-6,9-12H2,1-2H3,(H,26,30,34)(H,27,31,35)/t14-,15-,16?/m0/s1. The second-order valence-corrected chi connectivity index (χ2v) is 11.7. The first-order valence-corrected chi connectivity index (χ1v) is 13.8. The van der Waals surface area contributed by atoms with E-state index in [2.05, 4.69) is 31.0 Å². The van der Waals surface area contributed by atoms with E-state index in [4.69, 9.17) is 0 Å². The molecule has 198 valence electrons. The van der Waals surface area contributed by atoms with Crippen molar-refractivity contribution < 1.29 is 18.4 Å². The number of allylic oxidation sites excluding steroid dienone is 2. The van der Waals surface area contributed by atoms with Crippen molar-refractivity contribution in [3.05, 3.63) is 34.1 Å². The molecule has 1 saturated heterocycles. The fourth-order valence-electron chi connectivity index (χ4n) is 4.94. The van der Waals surface area contributed by atoms with E-state index in [1.165, 1.54) is 29.6 Å². The fraction of sp³-hybridized carbons (Fsp3) is 0.565. The molecule has 1 unspecified atom stereocenters. The maximum Gasteiger partial charge on any atom is 0.282 e. The zero-order valence-corrected chi connectivity index (χ0v) is 22.1. The quantitative estimate of drug-likeness (QED) is 0.535. The summed E-state index contributed by atoms with van der Waals surface area (Å²) >= 11 is 2.79. The Labute approximate surface area is 220 Å². The van der Waals surface area contributed by atoms with Crippen LogP contribution in [0.4, 0.5) is 19.0 Å². The highest BCUT2D eigenvalue weighted by atomic mass is 32.1. The van der Waals surface area contributed by atoms with E-state index in [9.17, 15) is 18.4 Å². The molecular formula is C23H28F2N8O2S2. The molecule has 0 spiro atoms. The molecule has 10 nitrogen and oxygen atoms in total. The normalized spacial score (nSPS) is 24.9. The Morgan fingerprint density at radius 2 is 1.68 bits per heavy atom. The molecule has 2 aromatic heterocycles. The van der Waals surface area contributed by atoms with Gasteiger partial charge in [-0.15, -0.1) is 20.4 Å². The molecule has 2 fully saturated rings. The molecule has 2 aliphatic heterocycles. The van der Waals surface area contributed by atoms with Gasteiger partial charge < -0.3 is 20.4 Å². The van der Waals surface area contributed by atoms with Gasteiger partial charge in [0.2, 0.25) is 22.1 Å². The van der Waals surface area contributed by atoms with E-state index in [1.807, 2.05) is 24.1 Å². The van der Waals surface area contributed by atoms with Crippen molar-refractivity contribution in [1.82, 2.24) is 30.2 Å². The zero-order valence-electron chi connectivity index (χ0n) is 20.5. The van der Waals surface area contributed by atoms with Gasteiger partial charge >= 0.3 is 0 Å². The minimum absolute atomic E-state index is 0.169. The second-order valence-electron chi connectivity index (χ2n) is 9.68. The Morgan fingerprint density at radius 1 is 1.05 bits per heavy atom. The highest BCUT2D eigenvalue weighted by molar-refractivity contribution is 7.15. The molecule has 1 aliphatic carbocycles. The Bertz CT molecular complexity index is 1220. The minimum Gasteiger partial charge on any atom is -0.354 e. The van der Waals surface area contributed by atoms with Gasteiger partial charge in [0.25, 0.3) is 5.92 Å². The van der Waals surface area contributed by atoms with Crippen LogP contribution in [0.3, 0.4) is 0 Å². The Hall–Kier alpha value is -3.00. The number of likely N-dealkylation sites (tertiary alicyclic amines) is 1. The van der Waals surface area contributed by atoms with Gasteiger partial charge in [-0.2, -0.15) is 0 Å². The molecule has 4 heterocycles. The van der Waals surface area contributed by atoms with Crippen LogP contribution in [-0.4, -0.2) is 74.1 Å². The lowest BCUT2D eigenvalue weighted by molar-refractivity contribution is -0.127. The summed E-state index contributed by atoms with van der Waals surface area (Å²) in [7, 11) is 1.81. The Morgan fingerprint density at radius 3 is 2.27 bits per heavy atom. The lowest BCUT2D eigenvalue weighted by Crippen LogP contribution is -2.58. The van der Waals surface area contributed by atoms with Crippen molar-refractivity contribution in [3.63, 3.8) is 0 Å². The highest BCUT2D eigenvalue weighted by Crippen LogP contribution is 2.43. The zero-order chi connectivity index (χ0) is 26.2. The number of carbonyl (C=O) groups excluding carboxylic acids is 2. The number of hydrogen-bond donors (Lipinski definition) is 2. The SMILES string of the molecule is CC(=O)Nc1nnc([C@H]2CCC[C@H](c3nnc(NC(=O)CC4C=CC=C(N5CC(F)(F)C5)N4C)s3)C2)s1. The van der Waals surface area contributed by atoms with Crippen molar-refractivity contribution >= 4 is 44.8 Å². The van der Waals surface area contributed by atoms with Crippen LogP contribution in [0.25, 0.3) is 0 Å². The first kappa shape index (κ1) is 25.6. The van der Waals surface area contributed by atoms with E-state index in [0.717, 1.165) is 35.7 Å². The summed E-state index contributed by atoms with van der Waals surface area (Å²) in [6, 6.07) is -0.241. The number of aromatic nitrogens is 4. The summed E-state index contributed by atoms with van der Waals surface area (Å²) in [5.74, 6) is -1.89. The van der Waals surface area contributed by atoms with Crippen molar-refractivity contribution in [2.45, 2.75) is 62.8 Å². The van der Waals surface area contributed by atoms with E-state index in [0.29, 0.717) is 16.1 Å². The van der Waals surface area contributed by atoms with E-state index >= 15 is 0 Å². The molecular weight excluding hydrogens is 522 g/mol. The molecule has 2 aromatic rings. The van der Waals surface area contributed by atoms with Crippen LogP contribution in [0.2, 0.25) is 0 Å². The number of halogens is 2. The van der Waals surface area contributed by atoms with Gasteiger partial charge in [-0.1, -0.05) is 41.2 Å². The predicted molar refractivity (Wildman–Crippen MR) is 137 cm³/mol. The third-order valence-corrected chi connectivity index (χ3v) is 8.79. The summed E-state index contributed by atoms with van der Waals surface area (Å²) in [6.07, 6.45) is 9.52. The summed E-state index contributed by atoms with van der Waals surface area (Å²) in [4.78, 5) is 27.5. The highest BCUT2D eigenvalue weighted by Gasteiger charge is 2.46. The number of likely N-dealkylation sites (N-methyl/N-ethyl adjacent to an activating group) is 1. The van der Waals surface area contributed by atoms with Crippen LogP contribution in [0.15, 0.2) is 24.0 Å². The molecule has 3 atom stereocenters. The molecule has 3 aliphatic rings. The number of nitrogens with zero attached hydrogens (tertiary/aromatic N) is 6. The number of anilines is 2. The first-order valence-electron chi connectivity index (χ1n) is 12.2. The van der Waals surface area contributed by atoms with Gasteiger partial charge in [0, 0.05) is 25.8 Å². The largest absolute Gasteiger partial charge is 0.354 e. The van der Waals surface area contributed by atoms with E-state index in [1.54, 1.807) is 11.0 Å². The second kappa shape index (κ2) is 10.4. The minimum atomic E-state index is -2.66. The molecule has 5 rings (SSSR count). The molecule has 14 heteroatoms. The topological polar surface area (TPSA) is 116 Å². The maximum atomic E-state index is 13.3. The Kier molecular flexibility index (Phi) is 7.21. The molecule has 2 amide bonds. The number of amides is 2. The molecule has 37 heavy (non-hydrogen) atoms. The van der Waals surface area contributed by atoms with Crippen molar-refractivity contribution in [3.8, 4) is 0 Å². The monoisotopic (exact) mass is 550 g/mol. The number of rotatable bonds is 7. The lowest BCUT2D eigenvalue weighted by atomic mass is 9.82.